The Bertz CT molecular complexity index is 764. The Labute approximate surface area is 141 Å². The number of amides is 1. The van der Waals surface area contributed by atoms with E-state index in [1.807, 2.05) is 0 Å². The molecule has 1 aromatic rings. The number of esters is 1. The smallest absolute Gasteiger partial charge is 0.405 e. The first-order chi connectivity index (χ1) is 11.3. The Balaban J connectivity index is 2.89. The minimum Gasteiger partial charge on any atom is -0.495 e. The second-order valence-corrected chi connectivity index (χ2v) is 6.32. The molecule has 1 aromatic carbocycles. The highest BCUT2D eigenvalue weighted by Crippen LogP contribution is 2.24. The molecule has 0 radical (unpaired) electrons. The van der Waals surface area contributed by atoms with Crippen LogP contribution < -0.4 is 15.2 Å². The van der Waals surface area contributed by atoms with E-state index in [1.165, 1.54) is 7.11 Å². The number of carbonyl (C=O) groups is 2. The summed E-state index contributed by atoms with van der Waals surface area (Å²) in [7, 11) is -3.02. The summed E-state index contributed by atoms with van der Waals surface area (Å²) in [5, 5.41) is 6.56. The van der Waals surface area contributed by atoms with Crippen LogP contribution in [0, 0.1) is 0 Å². The Hall–Kier alpha value is -2.34. The van der Waals surface area contributed by atoms with E-state index < -0.39 is 45.6 Å². The first kappa shape index (κ1) is 20.7. The number of halogens is 3. The number of benzene rings is 1. The van der Waals surface area contributed by atoms with Crippen LogP contribution in [0.4, 0.5) is 13.2 Å². The number of hydrogen-bond acceptors (Lipinski definition) is 6. The predicted octanol–water partition coefficient (Wildman–Crippen LogP) is 0.566. The molecular formula is C13H15F3N2O6S. The van der Waals surface area contributed by atoms with Crippen molar-refractivity contribution in [3.63, 3.8) is 0 Å². The second kappa shape index (κ2) is 7.70. The first-order valence-electron chi connectivity index (χ1n) is 6.61. The molecule has 1 atom stereocenters. The number of ether oxygens (including phenoxy) is 2. The molecule has 12 heteroatoms. The van der Waals surface area contributed by atoms with Crippen molar-refractivity contribution >= 4 is 21.9 Å². The van der Waals surface area contributed by atoms with Crippen LogP contribution in [-0.4, -0.2) is 46.2 Å². The summed E-state index contributed by atoms with van der Waals surface area (Å²) >= 11 is 0. The molecule has 25 heavy (non-hydrogen) atoms. The van der Waals surface area contributed by atoms with E-state index in [2.05, 4.69) is 0 Å². The lowest BCUT2D eigenvalue weighted by Gasteiger charge is -2.15. The van der Waals surface area contributed by atoms with Crippen LogP contribution in [0.1, 0.15) is 17.3 Å². The van der Waals surface area contributed by atoms with Gasteiger partial charge in [-0.15, -0.1) is 0 Å². The Kier molecular flexibility index (Phi) is 6.37. The molecule has 0 aromatic heterocycles. The van der Waals surface area contributed by atoms with Crippen molar-refractivity contribution in [3.05, 3.63) is 23.8 Å². The Morgan fingerprint density at radius 1 is 1.32 bits per heavy atom. The van der Waals surface area contributed by atoms with Crippen LogP contribution in [0.15, 0.2) is 23.1 Å². The van der Waals surface area contributed by atoms with Gasteiger partial charge in [-0.05, 0) is 25.1 Å². The highest BCUT2D eigenvalue weighted by molar-refractivity contribution is 7.89. The molecule has 0 fully saturated rings. The van der Waals surface area contributed by atoms with E-state index in [4.69, 9.17) is 14.6 Å². The van der Waals surface area contributed by atoms with Gasteiger partial charge in [0.25, 0.3) is 5.91 Å². The molecule has 0 saturated heterocycles. The van der Waals surface area contributed by atoms with Crippen LogP contribution >= 0.6 is 0 Å². The topological polar surface area (TPSA) is 125 Å². The van der Waals surface area contributed by atoms with Gasteiger partial charge in [-0.25, -0.2) is 18.4 Å². The van der Waals surface area contributed by atoms with Gasteiger partial charge in [-0.1, -0.05) is 0 Å². The third kappa shape index (κ3) is 6.23. The summed E-state index contributed by atoms with van der Waals surface area (Å²) in [5.74, 6) is -2.40. The fourth-order valence-corrected chi connectivity index (χ4v) is 2.36. The summed E-state index contributed by atoms with van der Waals surface area (Å²) in [6, 6.07) is 3.16. The van der Waals surface area contributed by atoms with Crippen molar-refractivity contribution in [2.75, 3.05) is 13.7 Å². The fraction of sp³-hybridized carbons (Fsp3) is 0.385. The average molecular weight is 384 g/mol. The van der Waals surface area contributed by atoms with E-state index in [0.29, 0.717) is 0 Å². The number of primary sulfonamides is 1. The van der Waals surface area contributed by atoms with E-state index in [0.717, 1.165) is 25.1 Å². The lowest BCUT2D eigenvalue weighted by molar-refractivity contribution is -0.143. The molecule has 0 aliphatic heterocycles. The highest BCUT2D eigenvalue weighted by atomic mass is 32.2. The molecular weight excluding hydrogens is 369 g/mol. The van der Waals surface area contributed by atoms with Gasteiger partial charge in [0.05, 0.1) is 12.7 Å². The van der Waals surface area contributed by atoms with E-state index in [-0.39, 0.29) is 11.3 Å². The molecule has 1 amide bonds. The second-order valence-electron chi connectivity index (χ2n) is 4.79. The zero-order chi connectivity index (χ0) is 19.4. The molecule has 0 aliphatic carbocycles. The maximum absolute atomic E-state index is 12.0. The largest absolute Gasteiger partial charge is 0.495 e. The van der Waals surface area contributed by atoms with E-state index >= 15 is 0 Å². The van der Waals surface area contributed by atoms with Gasteiger partial charge < -0.3 is 14.8 Å². The normalized spacial score (nSPS) is 13.0. The summed E-state index contributed by atoms with van der Waals surface area (Å²) in [6.07, 6.45) is -6.14. The molecule has 140 valence electrons. The number of carbonyl (C=O) groups excluding carboxylic acids is 2. The number of rotatable bonds is 6. The molecule has 8 nitrogen and oxygen atoms in total. The minimum atomic E-state index is -4.61. The summed E-state index contributed by atoms with van der Waals surface area (Å²) < 4.78 is 68.6. The van der Waals surface area contributed by atoms with Gasteiger partial charge in [0, 0.05) is 0 Å². The van der Waals surface area contributed by atoms with Crippen LogP contribution in [0.5, 0.6) is 5.75 Å². The van der Waals surface area contributed by atoms with Gasteiger partial charge >= 0.3 is 12.1 Å². The van der Waals surface area contributed by atoms with Crippen molar-refractivity contribution < 1.29 is 40.7 Å². The number of nitrogens with one attached hydrogen (secondary N) is 1. The van der Waals surface area contributed by atoms with Crippen LogP contribution in [0.25, 0.3) is 0 Å². The van der Waals surface area contributed by atoms with Crippen molar-refractivity contribution in [3.8, 4) is 5.75 Å². The molecule has 0 saturated carbocycles. The van der Waals surface area contributed by atoms with Crippen LogP contribution in [0.3, 0.4) is 0 Å². The monoisotopic (exact) mass is 384 g/mol. The number of alkyl halides is 3. The third-order valence-corrected chi connectivity index (χ3v) is 3.75. The third-order valence-electron chi connectivity index (χ3n) is 2.82. The summed E-state index contributed by atoms with van der Waals surface area (Å²) in [6.45, 7) is -0.514. The van der Waals surface area contributed by atoms with Gasteiger partial charge in [0.15, 0.2) is 6.10 Å². The van der Waals surface area contributed by atoms with E-state index in [1.54, 1.807) is 5.32 Å². The van der Waals surface area contributed by atoms with Crippen molar-refractivity contribution in [1.29, 1.82) is 0 Å². The molecule has 0 heterocycles. The fourth-order valence-electron chi connectivity index (χ4n) is 1.64. The lowest BCUT2D eigenvalue weighted by Crippen LogP contribution is -2.40. The zero-order valence-corrected chi connectivity index (χ0v) is 13.9. The van der Waals surface area contributed by atoms with Crippen LogP contribution in [-0.2, 0) is 19.6 Å². The number of nitrogens with two attached hydrogens (primary N) is 1. The maximum Gasteiger partial charge on any atom is 0.405 e. The van der Waals surface area contributed by atoms with Gasteiger partial charge in [0.2, 0.25) is 10.0 Å². The predicted molar refractivity (Wildman–Crippen MR) is 78.3 cm³/mol. The number of hydrogen-bond donors (Lipinski definition) is 2. The number of methoxy groups -OCH3 is 1. The van der Waals surface area contributed by atoms with Crippen LogP contribution in [0.2, 0.25) is 0 Å². The number of sulfonamides is 1. The Morgan fingerprint density at radius 3 is 2.40 bits per heavy atom. The zero-order valence-electron chi connectivity index (χ0n) is 13.1. The van der Waals surface area contributed by atoms with Gasteiger partial charge in [-0.3, -0.25) is 4.79 Å². The standard InChI is InChI=1S/C13H15F3N2O6S/c1-7(11(19)18-6-13(14,15)16)24-12(20)8-3-4-9(23-2)10(5-8)25(17,21)22/h3-5,7H,6H2,1-2H3,(H,18,19)(H2,17,21,22)/t7-/m1/s1. The van der Waals surface area contributed by atoms with Gasteiger partial charge in [-0.2, -0.15) is 13.2 Å². The average Bonchev–Trinajstić information content (AvgIpc) is 2.50. The van der Waals surface area contributed by atoms with Gasteiger partial charge in [0.1, 0.15) is 17.2 Å². The molecule has 3 N–H and O–H groups in total. The summed E-state index contributed by atoms with van der Waals surface area (Å²) in [4.78, 5) is 22.9. The van der Waals surface area contributed by atoms with Crippen molar-refractivity contribution in [1.82, 2.24) is 5.32 Å². The lowest BCUT2D eigenvalue weighted by atomic mass is 10.2. The molecule has 1 rings (SSSR count). The maximum atomic E-state index is 12.0. The SMILES string of the molecule is COc1ccc(C(=O)O[C@H](C)C(=O)NCC(F)(F)F)cc1S(N)(=O)=O. The van der Waals surface area contributed by atoms with Crippen molar-refractivity contribution in [2.24, 2.45) is 5.14 Å². The molecule has 0 bridgehead atoms. The first-order valence-corrected chi connectivity index (χ1v) is 8.16. The highest BCUT2D eigenvalue weighted by Gasteiger charge is 2.29. The van der Waals surface area contributed by atoms with E-state index in [9.17, 15) is 31.2 Å². The molecule has 0 unspecified atom stereocenters. The molecule has 0 spiro atoms. The Morgan fingerprint density at radius 2 is 1.92 bits per heavy atom. The minimum absolute atomic E-state index is 0.116. The summed E-state index contributed by atoms with van der Waals surface area (Å²) in [5.41, 5.74) is -0.278. The quantitative estimate of drug-likeness (QED) is 0.691. The molecule has 0 aliphatic rings. The van der Waals surface area contributed by atoms with Crippen molar-refractivity contribution in [2.45, 2.75) is 24.1 Å².